The van der Waals surface area contributed by atoms with Crippen LogP contribution in [0.5, 0.6) is 0 Å². The maximum atomic E-state index is 11.9. The van der Waals surface area contributed by atoms with Crippen LogP contribution < -0.4 is 10.6 Å². The van der Waals surface area contributed by atoms with Gasteiger partial charge in [0.15, 0.2) is 0 Å². The second-order valence-electron chi connectivity index (χ2n) is 4.88. The van der Waals surface area contributed by atoms with Gasteiger partial charge < -0.3 is 10.6 Å². The Balaban J connectivity index is 0.00000108. The van der Waals surface area contributed by atoms with Crippen LogP contribution in [0.2, 0.25) is 0 Å². The first-order valence-electron chi connectivity index (χ1n) is 5.87. The van der Waals surface area contributed by atoms with Gasteiger partial charge in [-0.3, -0.25) is 4.79 Å². The zero-order chi connectivity index (χ0) is 11.1. The highest BCUT2D eigenvalue weighted by atomic mass is 35.5. The molecule has 1 fully saturated rings. The van der Waals surface area contributed by atoms with Crippen molar-refractivity contribution in [1.29, 1.82) is 0 Å². The highest BCUT2D eigenvalue weighted by Gasteiger charge is 2.34. The summed E-state index contributed by atoms with van der Waals surface area (Å²) >= 11 is 0. The molecule has 2 aliphatic rings. The summed E-state index contributed by atoms with van der Waals surface area (Å²) < 4.78 is 0. The number of amides is 1. The van der Waals surface area contributed by atoms with Crippen LogP contribution in [0.3, 0.4) is 0 Å². The van der Waals surface area contributed by atoms with Gasteiger partial charge in [-0.1, -0.05) is 13.0 Å². The van der Waals surface area contributed by atoms with Crippen molar-refractivity contribution in [2.75, 3.05) is 0 Å². The Morgan fingerprint density at radius 3 is 2.76 bits per heavy atom. The minimum Gasteiger partial charge on any atom is -0.349 e. The van der Waals surface area contributed by atoms with Gasteiger partial charge in [-0.15, -0.1) is 12.4 Å². The molecule has 1 aliphatic heterocycles. The summed E-state index contributed by atoms with van der Waals surface area (Å²) in [6, 6.07) is 6.39. The molecule has 0 radical (unpaired) electrons. The molecule has 0 bridgehead atoms. The number of benzene rings is 1. The molecule has 3 rings (SSSR count). The first-order chi connectivity index (χ1) is 7.74. The third kappa shape index (κ3) is 2.45. The number of hydrogen-bond acceptors (Lipinski definition) is 2. The predicted molar refractivity (Wildman–Crippen MR) is 69.3 cm³/mol. The van der Waals surface area contributed by atoms with E-state index in [4.69, 9.17) is 0 Å². The normalized spacial score (nSPS) is 24.8. The van der Waals surface area contributed by atoms with E-state index in [1.165, 1.54) is 11.1 Å². The molecule has 1 aliphatic carbocycles. The van der Waals surface area contributed by atoms with Crippen LogP contribution in [0.4, 0.5) is 0 Å². The van der Waals surface area contributed by atoms with E-state index in [0.717, 1.165) is 25.1 Å². The molecule has 2 atom stereocenters. The molecule has 0 aromatic heterocycles. The summed E-state index contributed by atoms with van der Waals surface area (Å²) in [7, 11) is 0. The number of fused-ring (bicyclic) bond motifs is 1. The third-order valence-electron chi connectivity index (χ3n) is 3.53. The SMILES string of the molecule is CC1CC1NC(=O)c1ccc2c(c1)CNC2.Cl. The summed E-state index contributed by atoms with van der Waals surface area (Å²) in [5.41, 5.74) is 3.37. The van der Waals surface area contributed by atoms with E-state index < -0.39 is 0 Å². The molecule has 2 unspecified atom stereocenters. The van der Waals surface area contributed by atoms with Crippen molar-refractivity contribution in [3.8, 4) is 0 Å². The summed E-state index contributed by atoms with van der Waals surface area (Å²) in [5, 5.41) is 6.33. The van der Waals surface area contributed by atoms with Crippen LogP contribution in [0.1, 0.15) is 34.8 Å². The van der Waals surface area contributed by atoms with Crippen LogP contribution >= 0.6 is 12.4 Å². The predicted octanol–water partition coefficient (Wildman–Crippen LogP) is 1.85. The fourth-order valence-electron chi connectivity index (χ4n) is 2.21. The number of carbonyl (C=O) groups is 1. The fourth-order valence-corrected chi connectivity index (χ4v) is 2.21. The third-order valence-corrected chi connectivity index (χ3v) is 3.53. The average Bonchev–Trinajstić information content (AvgIpc) is 2.81. The molecule has 4 heteroatoms. The molecule has 3 nitrogen and oxygen atoms in total. The highest BCUT2D eigenvalue weighted by Crippen LogP contribution is 2.29. The zero-order valence-corrected chi connectivity index (χ0v) is 10.6. The average molecular weight is 253 g/mol. The molecule has 1 heterocycles. The van der Waals surface area contributed by atoms with Crippen molar-refractivity contribution in [3.63, 3.8) is 0 Å². The van der Waals surface area contributed by atoms with Crippen LogP contribution in [-0.4, -0.2) is 11.9 Å². The number of halogens is 1. The Hall–Kier alpha value is -1.06. The Morgan fingerprint density at radius 2 is 2.06 bits per heavy atom. The molecular weight excluding hydrogens is 236 g/mol. The first-order valence-corrected chi connectivity index (χ1v) is 5.87. The Labute approximate surface area is 107 Å². The Morgan fingerprint density at radius 1 is 1.35 bits per heavy atom. The topological polar surface area (TPSA) is 41.1 Å². The monoisotopic (exact) mass is 252 g/mol. The molecule has 0 saturated heterocycles. The minimum atomic E-state index is 0. The van der Waals surface area contributed by atoms with Gasteiger partial charge in [0.1, 0.15) is 0 Å². The molecule has 1 saturated carbocycles. The fraction of sp³-hybridized carbons (Fsp3) is 0.462. The lowest BCUT2D eigenvalue weighted by Crippen LogP contribution is -2.26. The Kier molecular flexibility index (Phi) is 3.40. The van der Waals surface area contributed by atoms with Crippen molar-refractivity contribution >= 4 is 18.3 Å². The standard InChI is InChI=1S/C13H16N2O.ClH/c1-8-4-12(8)15-13(16)9-2-3-10-6-14-7-11(10)5-9;/h2-3,5,8,12,14H,4,6-7H2,1H3,(H,15,16);1H. The maximum absolute atomic E-state index is 11.9. The van der Waals surface area contributed by atoms with Crippen molar-refractivity contribution < 1.29 is 4.79 Å². The van der Waals surface area contributed by atoms with Gasteiger partial charge in [-0.05, 0) is 35.6 Å². The van der Waals surface area contributed by atoms with Gasteiger partial charge in [0.2, 0.25) is 0 Å². The van der Waals surface area contributed by atoms with E-state index in [-0.39, 0.29) is 18.3 Å². The smallest absolute Gasteiger partial charge is 0.251 e. The van der Waals surface area contributed by atoms with Crippen LogP contribution in [0, 0.1) is 5.92 Å². The van der Waals surface area contributed by atoms with Crippen LogP contribution in [-0.2, 0) is 13.1 Å². The van der Waals surface area contributed by atoms with Gasteiger partial charge >= 0.3 is 0 Å². The van der Waals surface area contributed by atoms with E-state index in [1.807, 2.05) is 12.1 Å². The van der Waals surface area contributed by atoms with Gasteiger partial charge in [0.25, 0.3) is 5.91 Å². The maximum Gasteiger partial charge on any atom is 0.251 e. The second-order valence-corrected chi connectivity index (χ2v) is 4.88. The molecule has 0 spiro atoms. The van der Waals surface area contributed by atoms with Crippen molar-refractivity contribution in [1.82, 2.24) is 10.6 Å². The molecule has 2 N–H and O–H groups in total. The minimum absolute atomic E-state index is 0. The van der Waals surface area contributed by atoms with Crippen molar-refractivity contribution in [3.05, 3.63) is 34.9 Å². The lowest BCUT2D eigenvalue weighted by molar-refractivity contribution is 0.0949. The van der Waals surface area contributed by atoms with Gasteiger partial charge in [-0.25, -0.2) is 0 Å². The molecule has 92 valence electrons. The quantitative estimate of drug-likeness (QED) is 0.844. The number of carbonyl (C=O) groups excluding carboxylic acids is 1. The Bertz CT molecular complexity index is 447. The molecule has 17 heavy (non-hydrogen) atoms. The molecular formula is C13H17ClN2O. The number of hydrogen-bond donors (Lipinski definition) is 2. The van der Waals surface area contributed by atoms with Gasteiger partial charge in [0.05, 0.1) is 0 Å². The molecule has 1 aromatic carbocycles. The van der Waals surface area contributed by atoms with Crippen LogP contribution in [0.25, 0.3) is 0 Å². The molecule has 1 aromatic rings. The van der Waals surface area contributed by atoms with E-state index in [0.29, 0.717) is 12.0 Å². The number of rotatable bonds is 2. The largest absolute Gasteiger partial charge is 0.349 e. The zero-order valence-electron chi connectivity index (χ0n) is 9.82. The summed E-state index contributed by atoms with van der Waals surface area (Å²) in [6.45, 7) is 3.98. The van der Waals surface area contributed by atoms with Gasteiger partial charge in [0, 0.05) is 24.7 Å². The lowest BCUT2D eigenvalue weighted by Gasteiger charge is -2.05. The highest BCUT2D eigenvalue weighted by molar-refractivity contribution is 5.94. The van der Waals surface area contributed by atoms with Crippen LogP contribution in [0.15, 0.2) is 18.2 Å². The second kappa shape index (κ2) is 4.67. The van der Waals surface area contributed by atoms with Crippen molar-refractivity contribution in [2.45, 2.75) is 32.5 Å². The summed E-state index contributed by atoms with van der Waals surface area (Å²) in [5.74, 6) is 0.726. The van der Waals surface area contributed by atoms with Gasteiger partial charge in [-0.2, -0.15) is 0 Å². The lowest BCUT2D eigenvalue weighted by atomic mass is 10.1. The first kappa shape index (κ1) is 12.4. The van der Waals surface area contributed by atoms with E-state index >= 15 is 0 Å². The number of nitrogens with one attached hydrogen (secondary N) is 2. The summed E-state index contributed by atoms with van der Waals surface area (Å²) in [4.78, 5) is 11.9. The summed E-state index contributed by atoms with van der Waals surface area (Å²) in [6.07, 6.45) is 1.12. The van der Waals surface area contributed by atoms with E-state index in [9.17, 15) is 4.79 Å². The molecule has 1 amide bonds. The van der Waals surface area contributed by atoms with Crippen molar-refractivity contribution in [2.24, 2.45) is 5.92 Å². The van der Waals surface area contributed by atoms with E-state index in [1.54, 1.807) is 0 Å². The van der Waals surface area contributed by atoms with E-state index in [2.05, 4.69) is 23.6 Å².